The first kappa shape index (κ1) is 19.8. The van der Waals surface area contributed by atoms with Crippen LogP contribution in [0.15, 0.2) is 79.1 Å². The quantitative estimate of drug-likeness (QED) is 0.368. The van der Waals surface area contributed by atoms with Crippen molar-refractivity contribution in [2.45, 2.75) is 0 Å². The molecule has 1 amide bonds. The van der Waals surface area contributed by atoms with Crippen molar-refractivity contribution >= 4 is 17.3 Å². The highest BCUT2D eigenvalue weighted by molar-refractivity contribution is 6.06. The van der Waals surface area contributed by atoms with E-state index in [-0.39, 0.29) is 17.0 Å². The Labute approximate surface area is 177 Å². The lowest BCUT2D eigenvalue weighted by Gasteiger charge is -2.12. The second-order valence-corrected chi connectivity index (χ2v) is 6.65. The first-order chi connectivity index (χ1) is 15.0. The molecule has 0 fully saturated rings. The van der Waals surface area contributed by atoms with Crippen LogP contribution in [0.1, 0.15) is 10.4 Å². The van der Waals surface area contributed by atoms with E-state index in [2.05, 4.69) is 15.5 Å². The second-order valence-electron chi connectivity index (χ2n) is 6.65. The van der Waals surface area contributed by atoms with Gasteiger partial charge >= 0.3 is 0 Å². The normalized spacial score (nSPS) is 10.5. The Morgan fingerprint density at radius 2 is 1.87 bits per heavy atom. The number of amides is 1. The number of nitro groups is 1. The van der Waals surface area contributed by atoms with E-state index in [0.717, 1.165) is 5.56 Å². The molecule has 0 aliphatic rings. The van der Waals surface area contributed by atoms with Crippen molar-refractivity contribution in [3.63, 3.8) is 0 Å². The van der Waals surface area contributed by atoms with Crippen LogP contribution in [0.3, 0.4) is 0 Å². The summed E-state index contributed by atoms with van der Waals surface area (Å²) in [6.07, 6.45) is 1.58. The summed E-state index contributed by atoms with van der Waals surface area (Å²) < 4.78 is 7.55. The van der Waals surface area contributed by atoms with Gasteiger partial charge in [0.15, 0.2) is 5.82 Å². The summed E-state index contributed by atoms with van der Waals surface area (Å²) in [5, 5.41) is 21.9. The van der Waals surface area contributed by atoms with E-state index in [0.29, 0.717) is 17.3 Å². The number of hydrogen-bond donors (Lipinski definition) is 1. The summed E-state index contributed by atoms with van der Waals surface area (Å²) >= 11 is 0. The Kier molecular flexibility index (Phi) is 5.39. The molecule has 0 saturated heterocycles. The molecule has 3 aromatic carbocycles. The molecule has 0 aliphatic heterocycles. The Balaban J connectivity index is 1.65. The van der Waals surface area contributed by atoms with Crippen molar-refractivity contribution in [2.75, 3.05) is 5.32 Å². The van der Waals surface area contributed by atoms with Crippen molar-refractivity contribution in [1.82, 2.24) is 14.8 Å². The first-order valence-electron chi connectivity index (χ1n) is 9.28. The molecule has 0 aliphatic carbocycles. The van der Waals surface area contributed by atoms with Crippen LogP contribution >= 0.6 is 0 Å². The van der Waals surface area contributed by atoms with Crippen LogP contribution < -0.4 is 10.1 Å². The van der Waals surface area contributed by atoms with Gasteiger partial charge < -0.3 is 14.6 Å². The van der Waals surface area contributed by atoms with Crippen molar-refractivity contribution in [1.29, 1.82) is 0 Å². The van der Waals surface area contributed by atoms with Crippen LogP contribution in [0.5, 0.6) is 11.5 Å². The average Bonchev–Trinajstić information content (AvgIpc) is 3.20. The number of aryl methyl sites for hydroxylation is 1. The van der Waals surface area contributed by atoms with Gasteiger partial charge in [-0.1, -0.05) is 30.3 Å². The number of para-hydroxylation sites is 1. The zero-order valence-electron chi connectivity index (χ0n) is 16.4. The highest BCUT2D eigenvalue weighted by Gasteiger charge is 2.19. The number of carbonyl (C=O) groups excluding carboxylic acids is 1. The van der Waals surface area contributed by atoms with Crippen LogP contribution in [0.25, 0.3) is 11.4 Å². The van der Waals surface area contributed by atoms with Gasteiger partial charge in [-0.25, -0.2) is 0 Å². The molecule has 0 saturated carbocycles. The lowest BCUT2D eigenvalue weighted by Crippen LogP contribution is -2.13. The molecule has 9 nitrogen and oxygen atoms in total. The monoisotopic (exact) mass is 415 g/mol. The predicted octanol–water partition coefficient (Wildman–Crippen LogP) is 4.43. The van der Waals surface area contributed by atoms with Crippen molar-refractivity contribution in [3.8, 4) is 22.9 Å². The van der Waals surface area contributed by atoms with E-state index >= 15 is 0 Å². The molecule has 1 heterocycles. The topological polar surface area (TPSA) is 112 Å². The number of hydrogen-bond acceptors (Lipinski definition) is 6. The molecule has 31 heavy (non-hydrogen) atoms. The molecule has 0 unspecified atom stereocenters. The maximum absolute atomic E-state index is 13.0. The summed E-state index contributed by atoms with van der Waals surface area (Å²) in [4.78, 5) is 23.7. The number of aromatic nitrogens is 3. The highest BCUT2D eigenvalue weighted by Crippen LogP contribution is 2.30. The van der Waals surface area contributed by atoms with E-state index in [4.69, 9.17) is 4.74 Å². The third-order valence-corrected chi connectivity index (χ3v) is 4.48. The summed E-state index contributed by atoms with van der Waals surface area (Å²) in [6, 6.07) is 19.9. The van der Waals surface area contributed by atoms with Gasteiger partial charge in [-0.3, -0.25) is 14.9 Å². The molecule has 0 bridgehead atoms. The third-order valence-electron chi connectivity index (χ3n) is 4.48. The minimum Gasteiger partial charge on any atom is -0.457 e. The SMILES string of the molecule is Cn1cnnc1-c1cccc(NC(=O)c2cc([N+](=O)[O-])ccc2Oc2ccccc2)c1. The molecule has 4 rings (SSSR count). The van der Waals surface area contributed by atoms with Crippen molar-refractivity contribution in [2.24, 2.45) is 7.05 Å². The van der Waals surface area contributed by atoms with Crippen LogP contribution in [-0.2, 0) is 7.05 Å². The number of nitrogens with zero attached hydrogens (tertiary/aromatic N) is 4. The van der Waals surface area contributed by atoms with Gasteiger partial charge in [0.25, 0.3) is 11.6 Å². The largest absolute Gasteiger partial charge is 0.457 e. The van der Waals surface area contributed by atoms with Gasteiger partial charge in [0.1, 0.15) is 17.8 Å². The average molecular weight is 415 g/mol. The molecule has 4 aromatic rings. The lowest BCUT2D eigenvalue weighted by atomic mass is 10.1. The van der Waals surface area contributed by atoms with Gasteiger partial charge in [-0.2, -0.15) is 0 Å². The maximum atomic E-state index is 13.0. The fourth-order valence-electron chi connectivity index (χ4n) is 2.99. The van der Waals surface area contributed by atoms with Crippen molar-refractivity contribution in [3.05, 3.63) is 94.8 Å². The molecular formula is C22H17N5O4. The van der Waals surface area contributed by atoms with Crippen LogP contribution in [0, 0.1) is 10.1 Å². The van der Waals surface area contributed by atoms with Gasteiger partial charge in [-0.05, 0) is 30.3 Å². The molecule has 9 heteroatoms. The maximum Gasteiger partial charge on any atom is 0.270 e. The molecule has 0 spiro atoms. The number of nitro benzene ring substituents is 1. The van der Waals surface area contributed by atoms with E-state index < -0.39 is 10.8 Å². The van der Waals surface area contributed by atoms with E-state index in [9.17, 15) is 14.9 Å². The van der Waals surface area contributed by atoms with Crippen LogP contribution in [0.4, 0.5) is 11.4 Å². The zero-order valence-corrected chi connectivity index (χ0v) is 16.4. The van der Waals surface area contributed by atoms with E-state index in [1.807, 2.05) is 19.2 Å². The fraction of sp³-hybridized carbons (Fsp3) is 0.0455. The van der Waals surface area contributed by atoms with Gasteiger partial charge in [0.05, 0.1) is 10.5 Å². The summed E-state index contributed by atoms with van der Waals surface area (Å²) in [7, 11) is 1.82. The number of non-ortho nitro benzene ring substituents is 1. The standard InChI is InChI=1S/C22H17N5O4/c1-26-14-23-25-21(26)15-6-5-7-16(12-15)24-22(28)19-13-17(27(29)30)10-11-20(19)31-18-8-3-2-4-9-18/h2-14H,1H3,(H,24,28). The van der Waals surface area contributed by atoms with Crippen LogP contribution in [0.2, 0.25) is 0 Å². The molecule has 154 valence electrons. The van der Waals surface area contributed by atoms with Gasteiger partial charge in [0, 0.05) is 30.4 Å². The predicted molar refractivity (Wildman–Crippen MR) is 114 cm³/mol. The Bertz CT molecular complexity index is 1250. The second kappa shape index (κ2) is 8.46. The number of carbonyl (C=O) groups is 1. The summed E-state index contributed by atoms with van der Waals surface area (Å²) in [5.74, 6) is 0.817. The molecule has 1 N–H and O–H groups in total. The zero-order chi connectivity index (χ0) is 21.8. The number of anilines is 1. The summed E-state index contributed by atoms with van der Waals surface area (Å²) in [6.45, 7) is 0. The number of nitrogens with one attached hydrogen (secondary N) is 1. The third kappa shape index (κ3) is 4.40. The van der Waals surface area contributed by atoms with Crippen LogP contribution in [-0.4, -0.2) is 25.6 Å². The molecular weight excluding hydrogens is 398 g/mol. The van der Waals surface area contributed by atoms with Crippen molar-refractivity contribution < 1.29 is 14.5 Å². The molecule has 1 aromatic heterocycles. The van der Waals surface area contributed by atoms with Gasteiger partial charge in [-0.15, -0.1) is 10.2 Å². The number of benzene rings is 3. The fourth-order valence-corrected chi connectivity index (χ4v) is 2.99. The number of ether oxygens (including phenoxy) is 1. The summed E-state index contributed by atoms with van der Waals surface area (Å²) in [5.41, 5.74) is 1.10. The highest BCUT2D eigenvalue weighted by atomic mass is 16.6. The van der Waals surface area contributed by atoms with E-state index in [1.54, 1.807) is 53.4 Å². The number of rotatable bonds is 6. The Morgan fingerprint density at radius 3 is 2.58 bits per heavy atom. The minimum absolute atomic E-state index is 0.0436. The first-order valence-corrected chi connectivity index (χ1v) is 9.28. The van der Waals surface area contributed by atoms with Gasteiger partial charge in [0.2, 0.25) is 0 Å². The smallest absolute Gasteiger partial charge is 0.270 e. The Morgan fingerprint density at radius 1 is 1.06 bits per heavy atom. The van der Waals surface area contributed by atoms with E-state index in [1.165, 1.54) is 18.2 Å². The minimum atomic E-state index is -0.558. The Hall–Kier alpha value is -4.53. The molecule has 0 atom stereocenters. The molecule has 0 radical (unpaired) electrons. The lowest BCUT2D eigenvalue weighted by molar-refractivity contribution is -0.384.